The number of ether oxygens (including phenoxy) is 1. The molecule has 0 fully saturated rings. The van der Waals surface area contributed by atoms with Crippen LogP contribution in [0.5, 0.6) is 0 Å². The number of benzene rings is 2. The molecule has 0 unspecified atom stereocenters. The second-order valence-corrected chi connectivity index (χ2v) is 12.5. The summed E-state index contributed by atoms with van der Waals surface area (Å²) < 4.78 is 9.86. The summed E-state index contributed by atoms with van der Waals surface area (Å²) in [7, 11) is 0. The fourth-order valence-electron chi connectivity index (χ4n) is 4.74. The van der Waals surface area contributed by atoms with Crippen LogP contribution in [0, 0.1) is 12.8 Å². The van der Waals surface area contributed by atoms with Crippen LogP contribution in [0.3, 0.4) is 0 Å². The van der Waals surface area contributed by atoms with E-state index >= 15 is 0 Å². The Hall–Kier alpha value is -2.36. The van der Waals surface area contributed by atoms with Crippen LogP contribution in [0.4, 0.5) is 0 Å². The highest BCUT2D eigenvalue weighted by Crippen LogP contribution is 2.38. The van der Waals surface area contributed by atoms with Crippen molar-refractivity contribution in [3.63, 3.8) is 0 Å². The molecular formula is C27H24Cl2N4O2S2. The summed E-state index contributed by atoms with van der Waals surface area (Å²) in [5, 5.41) is 11.5. The molecule has 4 heterocycles. The lowest BCUT2D eigenvalue weighted by atomic mass is 9.96. The number of hydrogen-bond acceptors (Lipinski definition) is 6. The van der Waals surface area contributed by atoms with Crippen molar-refractivity contribution >= 4 is 62.3 Å². The molecule has 1 atom stereocenters. The average Bonchev–Trinajstić information content (AvgIpc) is 3.46. The van der Waals surface area contributed by atoms with Crippen molar-refractivity contribution in [3.8, 4) is 5.69 Å². The number of rotatable bonds is 5. The Balaban J connectivity index is 1.57. The molecule has 0 radical (unpaired) electrons. The average molecular weight is 572 g/mol. The standard InChI is InChI=1S/C27H24Cl2N4O2S2/c1-14(2)21-11-18-22(12-35-21)37-25-23(18)24(34)32(17-6-4-5-15(3)9-17)26-30-31-27(33(25)26)36-13-16-7-8-19(28)20(29)10-16/h4-10,14,21H,11-13H2,1-3H3/t21-/m0/s1. The Morgan fingerprint density at radius 3 is 2.76 bits per heavy atom. The lowest BCUT2D eigenvalue weighted by Gasteiger charge is -2.26. The number of aryl methyl sites for hydroxylation is 1. The molecule has 0 saturated heterocycles. The van der Waals surface area contributed by atoms with Crippen molar-refractivity contribution in [1.29, 1.82) is 0 Å². The van der Waals surface area contributed by atoms with Crippen molar-refractivity contribution < 1.29 is 4.74 Å². The summed E-state index contributed by atoms with van der Waals surface area (Å²) in [6, 6.07) is 13.5. The van der Waals surface area contributed by atoms with E-state index in [-0.39, 0.29) is 11.7 Å². The van der Waals surface area contributed by atoms with E-state index in [9.17, 15) is 4.79 Å². The number of fused-ring (bicyclic) bond motifs is 5. The maximum absolute atomic E-state index is 14.1. The molecule has 0 aliphatic carbocycles. The zero-order valence-electron chi connectivity index (χ0n) is 20.5. The molecule has 0 amide bonds. The Kier molecular flexibility index (Phi) is 6.57. The molecule has 1 aliphatic rings. The normalized spacial score (nSPS) is 15.7. The topological polar surface area (TPSA) is 61.4 Å². The van der Waals surface area contributed by atoms with E-state index < -0.39 is 0 Å². The van der Waals surface area contributed by atoms with Gasteiger partial charge < -0.3 is 4.74 Å². The maximum Gasteiger partial charge on any atom is 0.268 e. The van der Waals surface area contributed by atoms with Gasteiger partial charge in [0.1, 0.15) is 4.83 Å². The minimum absolute atomic E-state index is 0.0663. The van der Waals surface area contributed by atoms with Gasteiger partial charge in [-0.1, -0.05) is 67.0 Å². The molecule has 5 aromatic rings. The Morgan fingerprint density at radius 2 is 2.00 bits per heavy atom. The number of nitrogens with zero attached hydrogens (tertiary/aromatic N) is 4. The molecule has 3 aromatic heterocycles. The van der Waals surface area contributed by atoms with Crippen molar-refractivity contribution in [2.75, 3.05) is 0 Å². The number of thioether (sulfide) groups is 1. The van der Waals surface area contributed by atoms with E-state index in [1.165, 1.54) is 0 Å². The van der Waals surface area contributed by atoms with E-state index in [1.807, 2.05) is 47.7 Å². The van der Waals surface area contributed by atoms with Crippen LogP contribution in [0.1, 0.15) is 35.4 Å². The largest absolute Gasteiger partial charge is 0.372 e. The summed E-state index contributed by atoms with van der Waals surface area (Å²) in [5.74, 6) is 1.49. The van der Waals surface area contributed by atoms with Crippen LogP contribution < -0.4 is 5.56 Å². The zero-order valence-corrected chi connectivity index (χ0v) is 23.6. The van der Waals surface area contributed by atoms with Crippen LogP contribution >= 0.6 is 46.3 Å². The molecular weight excluding hydrogens is 547 g/mol. The lowest BCUT2D eigenvalue weighted by Crippen LogP contribution is -2.28. The van der Waals surface area contributed by atoms with Gasteiger partial charge in [-0.3, -0.25) is 4.79 Å². The highest BCUT2D eigenvalue weighted by Gasteiger charge is 2.30. The lowest BCUT2D eigenvalue weighted by molar-refractivity contribution is 0.00200. The van der Waals surface area contributed by atoms with E-state index in [0.717, 1.165) is 43.9 Å². The number of halogens is 2. The minimum atomic E-state index is -0.0663. The highest BCUT2D eigenvalue weighted by molar-refractivity contribution is 7.98. The Bertz CT molecular complexity index is 1720. The quantitative estimate of drug-likeness (QED) is 0.211. The number of hydrogen-bond donors (Lipinski definition) is 0. The Morgan fingerprint density at radius 1 is 1.16 bits per heavy atom. The third-order valence-electron chi connectivity index (χ3n) is 6.70. The van der Waals surface area contributed by atoms with Gasteiger partial charge in [0.25, 0.3) is 5.56 Å². The summed E-state index contributed by atoms with van der Waals surface area (Å²) in [6.07, 6.45) is 0.798. The molecule has 10 heteroatoms. The van der Waals surface area contributed by atoms with Crippen molar-refractivity contribution in [1.82, 2.24) is 19.2 Å². The fourth-order valence-corrected chi connectivity index (χ4v) is 7.23. The third kappa shape index (κ3) is 4.38. The maximum atomic E-state index is 14.1. The molecule has 190 valence electrons. The van der Waals surface area contributed by atoms with Crippen molar-refractivity contribution in [3.05, 3.63) is 84.4 Å². The van der Waals surface area contributed by atoms with Crippen LogP contribution in [0.25, 0.3) is 21.7 Å². The molecule has 6 rings (SSSR count). The van der Waals surface area contributed by atoms with Gasteiger partial charge in [-0.15, -0.1) is 21.5 Å². The van der Waals surface area contributed by atoms with Gasteiger partial charge in [0.05, 0.1) is 33.8 Å². The number of aromatic nitrogens is 4. The van der Waals surface area contributed by atoms with Crippen molar-refractivity contribution in [2.45, 2.75) is 50.8 Å². The Labute approximate surface area is 232 Å². The van der Waals surface area contributed by atoms with Crippen LogP contribution in [0.15, 0.2) is 52.4 Å². The first-order chi connectivity index (χ1) is 17.8. The van der Waals surface area contributed by atoms with E-state index in [0.29, 0.717) is 39.3 Å². The van der Waals surface area contributed by atoms with E-state index in [4.69, 9.17) is 27.9 Å². The predicted molar refractivity (Wildman–Crippen MR) is 152 cm³/mol. The monoisotopic (exact) mass is 570 g/mol. The number of thiophene rings is 1. The first-order valence-electron chi connectivity index (χ1n) is 12.0. The fraction of sp³-hybridized carbons (Fsp3) is 0.296. The van der Waals surface area contributed by atoms with Gasteiger partial charge in [0.2, 0.25) is 5.78 Å². The molecule has 0 spiro atoms. The predicted octanol–water partition coefficient (Wildman–Crippen LogP) is 7.10. The van der Waals surface area contributed by atoms with Crippen LogP contribution in [-0.2, 0) is 23.5 Å². The van der Waals surface area contributed by atoms with Crippen molar-refractivity contribution in [2.24, 2.45) is 5.92 Å². The van der Waals surface area contributed by atoms with Gasteiger partial charge in [-0.05, 0) is 53.8 Å². The SMILES string of the molecule is Cc1cccc(-n2c(=O)c3c4c(sc3n3c(SCc5ccc(Cl)c(Cl)c5)nnc23)CO[C@H](C(C)C)C4)c1. The van der Waals surface area contributed by atoms with E-state index in [1.54, 1.807) is 33.7 Å². The van der Waals surface area contributed by atoms with Gasteiger partial charge in [-0.2, -0.15) is 0 Å². The molecule has 37 heavy (non-hydrogen) atoms. The van der Waals surface area contributed by atoms with Gasteiger partial charge >= 0.3 is 0 Å². The third-order valence-corrected chi connectivity index (χ3v) is 9.63. The van der Waals surface area contributed by atoms with Gasteiger partial charge in [0.15, 0.2) is 5.16 Å². The van der Waals surface area contributed by atoms with Gasteiger partial charge in [0, 0.05) is 17.1 Å². The smallest absolute Gasteiger partial charge is 0.268 e. The molecule has 2 aromatic carbocycles. The molecule has 0 bridgehead atoms. The molecule has 6 nitrogen and oxygen atoms in total. The zero-order chi connectivity index (χ0) is 25.8. The first kappa shape index (κ1) is 24.9. The first-order valence-corrected chi connectivity index (χ1v) is 14.6. The molecule has 0 saturated carbocycles. The summed E-state index contributed by atoms with van der Waals surface area (Å²) in [4.78, 5) is 16.1. The molecule has 1 aliphatic heterocycles. The minimum Gasteiger partial charge on any atom is -0.372 e. The highest BCUT2D eigenvalue weighted by atomic mass is 35.5. The second kappa shape index (κ2) is 9.75. The summed E-state index contributed by atoms with van der Waals surface area (Å²) >= 11 is 15.5. The molecule has 0 N–H and O–H groups in total. The van der Waals surface area contributed by atoms with E-state index in [2.05, 4.69) is 24.0 Å². The second-order valence-electron chi connectivity index (χ2n) is 9.62. The van der Waals surface area contributed by atoms with Gasteiger partial charge in [-0.25, -0.2) is 8.97 Å². The van der Waals surface area contributed by atoms with Crippen LogP contribution in [-0.4, -0.2) is 25.3 Å². The van der Waals surface area contributed by atoms with Crippen LogP contribution in [0.2, 0.25) is 10.0 Å². The summed E-state index contributed by atoms with van der Waals surface area (Å²) in [6.45, 7) is 6.84. The summed E-state index contributed by atoms with van der Waals surface area (Å²) in [5.41, 5.74) is 3.89.